The second kappa shape index (κ2) is 4.72. The van der Waals surface area contributed by atoms with Gasteiger partial charge in [0.25, 0.3) is 5.69 Å². The molecule has 0 bridgehead atoms. The van der Waals surface area contributed by atoms with E-state index in [0.29, 0.717) is 0 Å². The minimum Gasteiger partial charge on any atom is -0.258 e. The van der Waals surface area contributed by atoms with E-state index in [0.717, 1.165) is 29.5 Å². The van der Waals surface area contributed by atoms with Gasteiger partial charge in [-0.05, 0) is 41.7 Å². The average Bonchev–Trinajstić information content (AvgIpc) is 2.23. The molecule has 0 atom stereocenters. The molecule has 0 amide bonds. The van der Waals surface area contributed by atoms with Gasteiger partial charge in [-0.1, -0.05) is 45.9 Å². The number of benzene rings is 1. The summed E-state index contributed by atoms with van der Waals surface area (Å²) in [5.41, 5.74) is 3.40. The molecule has 108 valence electrons. The predicted octanol–water partition coefficient (Wildman–Crippen LogP) is 5.13. The second-order valence-corrected chi connectivity index (χ2v) is 7.40. The molecule has 0 N–H and O–H groups in total. The van der Waals surface area contributed by atoms with Crippen molar-refractivity contribution in [1.82, 2.24) is 0 Å². The Hall–Kier alpha value is -1.64. The van der Waals surface area contributed by atoms with Crippen LogP contribution in [-0.4, -0.2) is 4.92 Å². The lowest BCUT2D eigenvalue weighted by Crippen LogP contribution is -2.27. The molecule has 1 aromatic carbocycles. The quantitative estimate of drug-likeness (QED) is 0.553. The van der Waals surface area contributed by atoms with Gasteiger partial charge in [0.1, 0.15) is 0 Å². The minimum absolute atomic E-state index is 0.0766. The molecule has 0 unspecified atom stereocenters. The summed E-state index contributed by atoms with van der Waals surface area (Å²) >= 11 is 0. The van der Waals surface area contributed by atoms with Gasteiger partial charge >= 0.3 is 0 Å². The summed E-state index contributed by atoms with van der Waals surface area (Å²) in [7, 11) is 0. The van der Waals surface area contributed by atoms with E-state index in [4.69, 9.17) is 0 Å². The first kappa shape index (κ1) is 14.8. The zero-order valence-electron chi connectivity index (χ0n) is 13.0. The lowest BCUT2D eigenvalue weighted by Gasteiger charge is -2.39. The number of nitro benzene ring substituents is 1. The van der Waals surface area contributed by atoms with Gasteiger partial charge in [0.2, 0.25) is 0 Å². The Morgan fingerprint density at radius 1 is 1.20 bits per heavy atom. The molecule has 0 radical (unpaired) electrons. The number of nitro groups is 1. The molecule has 0 fully saturated rings. The van der Waals surface area contributed by atoms with Gasteiger partial charge in [-0.2, -0.15) is 0 Å². The molecular weight excluding hydrogens is 250 g/mol. The van der Waals surface area contributed by atoms with Gasteiger partial charge in [-0.15, -0.1) is 0 Å². The molecule has 1 aliphatic rings. The van der Waals surface area contributed by atoms with E-state index in [9.17, 15) is 10.1 Å². The van der Waals surface area contributed by atoms with Crippen LogP contribution in [0.25, 0.3) is 5.57 Å². The number of nitrogens with zero attached hydrogens (tertiary/aromatic N) is 1. The molecule has 20 heavy (non-hydrogen) atoms. The number of hydrogen-bond donors (Lipinski definition) is 0. The van der Waals surface area contributed by atoms with E-state index in [-0.39, 0.29) is 21.4 Å². The smallest absolute Gasteiger partial charge is 0.258 e. The highest BCUT2D eigenvalue weighted by Crippen LogP contribution is 2.49. The fourth-order valence-electron chi connectivity index (χ4n) is 3.77. The van der Waals surface area contributed by atoms with Crippen molar-refractivity contribution in [3.63, 3.8) is 0 Å². The largest absolute Gasteiger partial charge is 0.277 e. The third-order valence-corrected chi connectivity index (χ3v) is 3.94. The van der Waals surface area contributed by atoms with E-state index in [1.807, 2.05) is 13.0 Å². The van der Waals surface area contributed by atoms with Crippen molar-refractivity contribution in [2.75, 3.05) is 0 Å². The van der Waals surface area contributed by atoms with Gasteiger partial charge < -0.3 is 0 Å². The Balaban J connectivity index is 2.62. The van der Waals surface area contributed by atoms with Crippen molar-refractivity contribution in [3.8, 4) is 0 Å². The Morgan fingerprint density at radius 2 is 1.85 bits per heavy atom. The van der Waals surface area contributed by atoms with Gasteiger partial charge in [0.15, 0.2) is 0 Å². The Bertz CT molecular complexity index is 583. The van der Waals surface area contributed by atoms with Gasteiger partial charge in [0, 0.05) is 6.07 Å². The van der Waals surface area contributed by atoms with Crippen molar-refractivity contribution in [2.24, 2.45) is 10.8 Å². The molecule has 2 rings (SSSR count). The van der Waals surface area contributed by atoms with Crippen LogP contribution in [-0.2, 0) is 0 Å². The fourth-order valence-corrected chi connectivity index (χ4v) is 3.77. The summed E-state index contributed by atoms with van der Waals surface area (Å²) in [6, 6.07) is 5.33. The van der Waals surface area contributed by atoms with Crippen LogP contribution < -0.4 is 0 Å². The first-order valence-corrected chi connectivity index (χ1v) is 7.07. The highest BCUT2D eigenvalue weighted by atomic mass is 16.6. The molecule has 0 saturated carbocycles. The Morgan fingerprint density at radius 3 is 2.40 bits per heavy atom. The maximum absolute atomic E-state index is 11.3. The lowest BCUT2D eigenvalue weighted by atomic mass is 9.65. The van der Waals surface area contributed by atoms with Crippen LogP contribution >= 0.6 is 0 Å². The molecule has 3 nitrogen and oxygen atoms in total. The first-order chi connectivity index (χ1) is 9.11. The number of hydrogen-bond acceptors (Lipinski definition) is 2. The van der Waals surface area contributed by atoms with Crippen molar-refractivity contribution >= 4 is 11.3 Å². The molecule has 0 aromatic heterocycles. The molecule has 0 saturated heterocycles. The van der Waals surface area contributed by atoms with E-state index < -0.39 is 0 Å². The molecule has 1 aliphatic carbocycles. The summed E-state index contributed by atoms with van der Waals surface area (Å²) < 4.78 is 0. The highest BCUT2D eigenvalue weighted by molar-refractivity contribution is 5.76. The predicted molar refractivity (Wildman–Crippen MR) is 82.6 cm³/mol. The molecular formula is C17H23NO2. The van der Waals surface area contributed by atoms with Crippen LogP contribution in [0.1, 0.15) is 51.7 Å². The van der Waals surface area contributed by atoms with Crippen LogP contribution in [0.4, 0.5) is 5.69 Å². The van der Waals surface area contributed by atoms with E-state index in [2.05, 4.69) is 33.8 Å². The van der Waals surface area contributed by atoms with Crippen LogP contribution in [0.5, 0.6) is 0 Å². The Kier molecular flexibility index (Phi) is 3.49. The van der Waals surface area contributed by atoms with Crippen LogP contribution in [0.2, 0.25) is 0 Å². The second-order valence-electron chi connectivity index (χ2n) is 7.40. The maximum atomic E-state index is 11.3. The summed E-state index contributed by atoms with van der Waals surface area (Å²) in [5, 5.41) is 11.3. The van der Waals surface area contributed by atoms with Crippen molar-refractivity contribution < 1.29 is 4.92 Å². The van der Waals surface area contributed by atoms with Crippen molar-refractivity contribution in [3.05, 3.63) is 45.5 Å². The third-order valence-electron chi connectivity index (χ3n) is 3.94. The van der Waals surface area contributed by atoms with Crippen molar-refractivity contribution in [2.45, 2.75) is 47.5 Å². The van der Waals surface area contributed by atoms with E-state index >= 15 is 0 Å². The molecule has 1 aromatic rings. The summed E-state index contributed by atoms with van der Waals surface area (Å²) in [6.07, 6.45) is 4.22. The minimum atomic E-state index is -0.266. The van der Waals surface area contributed by atoms with E-state index in [1.165, 1.54) is 0 Å². The molecule has 0 spiro atoms. The number of allylic oxidation sites excluding steroid dienone is 2. The monoisotopic (exact) mass is 273 g/mol. The number of rotatable bonds is 2. The topological polar surface area (TPSA) is 43.1 Å². The van der Waals surface area contributed by atoms with Crippen LogP contribution in [0.15, 0.2) is 24.3 Å². The molecule has 0 aliphatic heterocycles. The third kappa shape index (κ3) is 2.92. The normalized spacial score (nSPS) is 20.4. The SMILES string of the molecule is Cc1cccc([N+](=O)[O-])c1C1=CC(C)(C)CC(C)(C)C1. The van der Waals surface area contributed by atoms with Crippen LogP contribution in [0, 0.1) is 27.9 Å². The highest BCUT2D eigenvalue weighted by Gasteiger charge is 2.35. The zero-order chi connectivity index (χ0) is 15.1. The maximum Gasteiger partial charge on any atom is 0.277 e. The van der Waals surface area contributed by atoms with Crippen molar-refractivity contribution in [1.29, 1.82) is 0 Å². The Labute approximate surface area is 120 Å². The summed E-state index contributed by atoms with van der Waals surface area (Å²) in [5.74, 6) is 0. The first-order valence-electron chi connectivity index (χ1n) is 7.07. The summed E-state index contributed by atoms with van der Waals surface area (Å²) in [6.45, 7) is 10.9. The lowest BCUT2D eigenvalue weighted by molar-refractivity contribution is -0.385. The van der Waals surface area contributed by atoms with E-state index in [1.54, 1.807) is 12.1 Å². The number of aryl methyl sites for hydroxylation is 1. The average molecular weight is 273 g/mol. The molecule has 3 heteroatoms. The molecule has 0 heterocycles. The van der Waals surface area contributed by atoms with Crippen LogP contribution in [0.3, 0.4) is 0 Å². The zero-order valence-corrected chi connectivity index (χ0v) is 13.0. The van der Waals surface area contributed by atoms with Gasteiger partial charge in [-0.3, -0.25) is 10.1 Å². The van der Waals surface area contributed by atoms with Gasteiger partial charge in [0.05, 0.1) is 10.5 Å². The summed E-state index contributed by atoms with van der Waals surface area (Å²) in [4.78, 5) is 11.1. The standard InChI is InChI=1S/C17H23NO2/c1-12-7-6-8-14(18(19)20)15(12)13-9-16(2,3)11-17(4,5)10-13/h6-9H,10-11H2,1-5H3. The fraction of sp³-hybridized carbons (Fsp3) is 0.529. The van der Waals surface area contributed by atoms with Gasteiger partial charge in [-0.25, -0.2) is 0 Å².